The first-order valence-electron chi connectivity index (χ1n) is 5.46. The van der Waals surface area contributed by atoms with Crippen LogP contribution in [0.1, 0.15) is 32.1 Å². The van der Waals surface area contributed by atoms with Crippen LogP contribution < -0.4 is 0 Å². The van der Waals surface area contributed by atoms with E-state index >= 15 is 0 Å². The number of carbonyl (C=O) groups is 1. The third kappa shape index (κ3) is 13.2. The predicted molar refractivity (Wildman–Crippen MR) is 57.8 cm³/mol. The van der Waals surface area contributed by atoms with Crippen molar-refractivity contribution in [3.05, 3.63) is 0 Å². The summed E-state index contributed by atoms with van der Waals surface area (Å²) in [6.07, 6.45) is 3.92. The first-order valence-corrected chi connectivity index (χ1v) is 5.46. The molecule has 0 heterocycles. The van der Waals surface area contributed by atoms with E-state index < -0.39 is 6.16 Å². The summed E-state index contributed by atoms with van der Waals surface area (Å²) in [7, 11) is 4.13. The topological polar surface area (TPSA) is 68.2 Å². The van der Waals surface area contributed by atoms with E-state index in [0.717, 1.165) is 25.8 Å². The summed E-state index contributed by atoms with van der Waals surface area (Å²) >= 11 is 0. The monoisotopic (exact) mass is 235 g/mol. The molecule has 0 bridgehead atoms. The summed E-state index contributed by atoms with van der Waals surface area (Å²) in [4.78, 5) is 20.2. The molecule has 1 N–H and O–H groups in total. The van der Waals surface area contributed by atoms with Crippen LogP contribution in [0.5, 0.6) is 0 Å². The van der Waals surface area contributed by atoms with Crippen molar-refractivity contribution in [2.24, 2.45) is 0 Å². The third-order valence-electron chi connectivity index (χ3n) is 1.99. The fraction of sp³-hybridized carbons (Fsp3) is 0.900. The number of carboxylic acid groups (broad SMARTS) is 1. The molecule has 0 aliphatic carbocycles. The molecule has 6 nitrogen and oxygen atoms in total. The van der Waals surface area contributed by atoms with Crippen molar-refractivity contribution >= 4 is 6.16 Å². The smallest absolute Gasteiger partial charge is 0.448 e. The van der Waals surface area contributed by atoms with Crippen LogP contribution in [0.3, 0.4) is 0 Å². The zero-order valence-corrected chi connectivity index (χ0v) is 9.98. The van der Waals surface area contributed by atoms with Crippen molar-refractivity contribution in [3.63, 3.8) is 0 Å². The molecule has 16 heavy (non-hydrogen) atoms. The van der Waals surface area contributed by atoms with E-state index in [2.05, 4.69) is 33.8 Å². The number of hydrogen-bond acceptors (Lipinski definition) is 5. The van der Waals surface area contributed by atoms with Crippen LogP contribution in [-0.4, -0.2) is 43.4 Å². The summed E-state index contributed by atoms with van der Waals surface area (Å²) in [5, 5.41) is 12.0. The molecular formula is C10H21NO5. The Kier molecular flexibility index (Phi) is 10.1. The Morgan fingerprint density at radius 1 is 1.12 bits per heavy atom. The minimum atomic E-state index is -1.51. The van der Waals surface area contributed by atoms with Crippen LogP contribution in [0.2, 0.25) is 0 Å². The molecule has 0 atom stereocenters. The Hall–Kier alpha value is -0.850. The molecule has 0 spiro atoms. The van der Waals surface area contributed by atoms with Crippen LogP contribution >= 0.6 is 0 Å². The SMILES string of the molecule is CN(C)CCCCCCCOOOC(=O)O. The highest BCUT2D eigenvalue weighted by Gasteiger charge is 1.97. The van der Waals surface area contributed by atoms with Gasteiger partial charge in [0.05, 0.1) is 6.61 Å². The molecule has 0 saturated carbocycles. The number of hydrogen-bond donors (Lipinski definition) is 1. The third-order valence-corrected chi connectivity index (χ3v) is 1.99. The van der Waals surface area contributed by atoms with Gasteiger partial charge in [-0.25, -0.2) is 9.68 Å². The van der Waals surface area contributed by atoms with Crippen molar-refractivity contribution in [2.75, 3.05) is 27.2 Å². The van der Waals surface area contributed by atoms with Crippen LogP contribution in [-0.2, 0) is 14.8 Å². The van der Waals surface area contributed by atoms with Gasteiger partial charge in [-0.15, -0.1) is 0 Å². The van der Waals surface area contributed by atoms with Gasteiger partial charge in [0, 0.05) is 0 Å². The zero-order chi connectivity index (χ0) is 12.2. The van der Waals surface area contributed by atoms with Gasteiger partial charge < -0.3 is 10.0 Å². The van der Waals surface area contributed by atoms with Crippen LogP contribution in [0.15, 0.2) is 0 Å². The Balaban J connectivity index is 2.96. The number of rotatable bonds is 10. The van der Waals surface area contributed by atoms with Gasteiger partial charge in [0.1, 0.15) is 0 Å². The Bertz CT molecular complexity index is 175. The lowest BCUT2D eigenvalue weighted by molar-refractivity contribution is -0.485. The minimum Gasteiger partial charge on any atom is -0.448 e. The molecule has 0 unspecified atom stereocenters. The van der Waals surface area contributed by atoms with Crippen LogP contribution in [0, 0.1) is 0 Å². The second-order valence-electron chi connectivity index (χ2n) is 3.81. The molecule has 0 amide bonds. The van der Waals surface area contributed by atoms with Gasteiger partial charge in [0.15, 0.2) is 0 Å². The van der Waals surface area contributed by atoms with Gasteiger partial charge in [-0.2, -0.15) is 4.89 Å². The second kappa shape index (κ2) is 10.7. The fourth-order valence-corrected chi connectivity index (χ4v) is 1.21. The highest BCUT2D eigenvalue weighted by Crippen LogP contribution is 2.03. The lowest BCUT2D eigenvalue weighted by Crippen LogP contribution is -2.12. The highest BCUT2D eigenvalue weighted by molar-refractivity contribution is 5.55. The van der Waals surface area contributed by atoms with Gasteiger partial charge in [-0.3, -0.25) is 0 Å². The lowest BCUT2D eigenvalue weighted by atomic mass is 10.1. The average molecular weight is 235 g/mol. The van der Waals surface area contributed by atoms with Crippen LogP contribution in [0.25, 0.3) is 0 Å². The Morgan fingerprint density at radius 2 is 1.75 bits per heavy atom. The second-order valence-corrected chi connectivity index (χ2v) is 3.81. The van der Waals surface area contributed by atoms with E-state index in [4.69, 9.17) is 5.11 Å². The van der Waals surface area contributed by atoms with Crippen molar-refractivity contribution in [3.8, 4) is 0 Å². The van der Waals surface area contributed by atoms with Gasteiger partial charge in [0.25, 0.3) is 0 Å². The Labute approximate surface area is 95.9 Å². The van der Waals surface area contributed by atoms with Gasteiger partial charge in [-0.1, -0.05) is 19.3 Å². The van der Waals surface area contributed by atoms with E-state index in [1.807, 2.05) is 0 Å². The largest absolute Gasteiger partial charge is 0.540 e. The molecule has 6 heteroatoms. The Morgan fingerprint density at radius 3 is 2.38 bits per heavy atom. The number of unbranched alkanes of at least 4 members (excludes halogenated alkanes) is 4. The summed E-state index contributed by atoms with van der Waals surface area (Å²) in [6, 6.07) is 0. The molecule has 0 radical (unpaired) electrons. The van der Waals surface area contributed by atoms with Gasteiger partial charge in [-0.05, 0) is 38.5 Å². The molecular weight excluding hydrogens is 214 g/mol. The quantitative estimate of drug-likeness (QED) is 0.355. The molecule has 0 aliphatic rings. The molecule has 0 aromatic carbocycles. The van der Waals surface area contributed by atoms with Crippen molar-refractivity contribution in [1.29, 1.82) is 0 Å². The molecule has 0 saturated heterocycles. The summed E-state index contributed by atoms with van der Waals surface area (Å²) in [5.41, 5.74) is 0. The maximum absolute atomic E-state index is 9.83. The first kappa shape index (κ1) is 15.2. The molecule has 0 rings (SSSR count). The first-order chi connectivity index (χ1) is 7.63. The molecule has 0 aromatic rings. The zero-order valence-electron chi connectivity index (χ0n) is 9.98. The fourth-order valence-electron chi connectivity index (χ4n) is 1.21. The van der Waals surface area contributed by atoms with E-state index in [1.54, 1.807) is 0 Å². The van der Waals surface area contributed by atoms with E-state index in [1.165, 1.54) is 12.8 Å². The standard InChI is InChI=1S/C10H21NO5/c1-11(2)8-6-4-3-5-7-9-14-16-15-10(12)13/h3-9H2,1-2H3,(H,12,13). The van der Waals surface area contributed by atoms with Crippen LogP contribution in [0.4, 0.5) is 4.79 Å². The van der Waals surface area contributed by atoms with E-state index in [0.29, 0.717) is 6.61 Å². The summed E-state index contributed by atoms with van der Waals surface area (Å²) < 4.78 is 0. The minimum absolute atomic E-state index is 0.348. The normalized spacial score (nSPS) is 10.7. The van der Waals surface area contributed by atoms with Crippen molar-refractivity contribution < 1.29 is 24.7 Å². The van der Waals surface area contributed by atoms with E-state index in [-0.39, 0.29) is 0 Å². The summed E-state index contributed by atoms with van der Waals surface area (Å²) in [6.45, 7) is 1.47. The maximum atomic E-state index is 9.83. The van der Waals surface area contributed by atoms with Gasteiger partial charge in [0.2, 0.25) is 0 Å². The van der Waals surface area contributed by atoms with Crippen molar-refractivity contribution in [2.45, 2.75) is 32.1 Å². The lowest BCUT2D eigenvalue weighted by Gasteiger charge is -2.08. The average Bonchev–Trinajstić information content (AvgIpc) is 2.20. The van der Waals surface area contributed by atoms with E-state index in [9.17, 15) is 4.79 Å². The van der Waals surface area contributed by atoms with Gasteiger partial charge >= 0.3 is 6.16 Å². The maximum Gasteiger partial charge on any atom is 0.540 e. The molecule has 0 aromatic heterocycles. The highest BCUT2D eigenvalue weighted by atomic mass is 17.5. The summed E-state index contributed by atoms with van der Waals surface area (Å²) in [5.74, 6) is 0. The predicted octanol–water partition coefficient (Wildman–Crippen LogP) is 2.06. The van der Waals surface area contributed by atoms with Crippen molar-refractivity contribution in [1.82, 2.24) is 4.90 Å². The molecule has 0 fully saturated rings. The number of nitrogens with zero attached hydrogens (tertiary/aromatic N) is 1. The molecule has 96 valence electrons. The molecule has 0 aliphatic heterocycles.